The smallest absolute Gasteiger partial charge is 0.315 e. The zero-order chi connectivity index (χ0) is 17.8. The van der Waals surface area contributed by atoms with E-state index in [1.165, 1.54) is 32.1 Å². The van der Waals surface area contributed by atoms with Gasteiger partial charge in [-0.25, -0.2) is 14.8 Å². The molecule has 0 spiro atoms. The van der Waals surface area contributed by atoms with Crippen molar-refractivity contribution in [2.75, 3.05) is 0 Å². The number of carbonyl (C=O) groups excluding carboxylic acids is 1. The summed E-state index contributed by atoms with van der Waals surface area (Å²) in [7, 11) is 0. The van der Waals surface area contributed by atoms with E-state index in [1.54, 1.807) is 18.7 Å². The lowest BCUT2D eigenvalue weighted by Gasteiger charge is -2.42. The quantitative estimate of drug-likeness (QED) is 0.865. The molecule has 2 aliphatic rings. The molecule has 0 saturated heterocycles. The van der Waals surface area contributed by atoms with Gasteiger partial charge in [-0.05, 0) is 42.4 Å². The molecule has 2 fully saturated rings. The van der Waals surface area contributed by atoms with Crippen molar-refractivity contribution in [2.24, 2.45) is 11.8 Å². The van der Waals surface area contributed by atoms with Crippen LogP contribution in [-0.2, 0) is 6.54 Å². The molecule has 2 amide bonds. The first kappa shape index (κ1) is 17.1. The van der Waals surface area contributed by atoms with Crippen LogP contribution in [0.25, 0.3) is 5.82 Å². The Balaban J connectivity index is 1.21. The molecule has 6 heteroatoms. The summed E-state index contributed by atoms with van der Waals surface area (Å²) in [5.41, 5.74) is 1.02. The summed E-state index contributed by atoms with van der Waals surface area (Å²) < 4.78 is 1.85. The predicted molar refractivity (Wildman–Crippen MR) is 99.8 cm³/mol. The van der Waals surface area contributed by atoms with Gasteiger partial charge in [0.15, 0.2) is 0 Å². The van der Waals surface area contributed by atoms with Gasteiger partial charge >= 0.3 is 6.03 Å². The average Bonchev–Trinajstić information content (AvgIpc) is 3.18. The molecule has 2 aromatic rings. The van der Waals surface area contributed by atoms with Crippen molar-refractivity contribution in [1.82, 2.24) is 25.2 Å². The number of pyridine rings is 1. The van der Waals surface area contributed by atoms with E-state index in [0.29, 0.717) is 12.6 Å². The average molecular weight is 353 g/mol. The molecule has 0 unspecified atom stereocenters. The first-order valence-corrected chi connectivity index (χ1v) is 9.75. The SMILES string of the molecule is O=C(NCc1ccnc(-n2ccnc2)c1)NC1CC(C2CCCCC2)C1. The zero-order valence-corrected chi connectivity index (χ0v) is 15.1. The van der Waals surface area contributed by atoms with Gasteiger partial charge in [0.2, 0.25) is 0 Å². The minimum absolute atomic E-state index is 0.0712. The number of amides is 2. The number of hydrogen-bond acceptors (Lipinski definition) is 3. The number of imidazole rings is 1. The molecule has 0 bridgehead atoms. The summed E-state index contributed by atoms with van der Waals surface area (Å²) in [5, 5.41) is 6.08. The van der Waals surface area contributed by atoms with Gasteiger partial charge in [0.25, 0.3) is 0 Å². The molecular formula is C20H27N5O. The molecule has 2 N–H and O–H groups in total. The Bertz CT molecular complexity index is 718. The monoisotopic (exact) mass is 353 g/mol. The van der Waals surface area contributed by atoms with Gasteiger partial charge in [0.1, 0.15) is 12.1 Å². The molecule has 26 heavy (non-hydrogen) atoms. The van der Waals surface area contributed by atoms with Crippen molar-refractivity contribution < 1.29 is 4.79 Å². The van der Waals surface area contributed by atoms with Gasteiger partial charge < -0.3 is 10.6 Å². The summed E-state index contributed by atoms with van der Waals surface area (Å²) >= 11 is 0. The highest BCUT2D eigenvalue weighted by Gasteiger charge is 2.35. The Hall–Kier alpha value is -2.37. The van der Waals surface area contributed by atoms with Crippen LogP contribution in [0.3, 0.4) is 0 Å². The predicted octanol–water partition coefficient (Wildman–Crippen LogP) is 3.43. The van der Waals surface area contributed by atoms with Crippen LogP contribution in [0.4, 0.5) is 4.79 Å². The van der Waals surface area contributed by atoms with Crippen molar-refractivity contribution in [3.8, 4) is 5.82 Å². The van der Waals surface area contributed by atoms with Gasteiger partial charge in [-0.1, -0.05) is 32.1 Å². The Morgan fingerprint density at radius 3 is 2.77 bits per heavy atom. The Labute approximate surface area is 154 Å². The van der Waals surface area contributed by atoms with Crippen LogP contribution in [0, 0.1) is 11.8 Å². The summed E-state index contributed by atoms with van der Waals surface area (Å²) in [6, 6.07) is 4.16. The number of rotatable bonds is 5. The van der Waals surface area contributed by atoms with Crippen molar-refractivity contribution >= 4 is 6.03 Å². The maximum absolute atomic E-state index is 12.2. The highest BCUT2D eigenvalue weighted by atomic mass is 16.2. The van der Waals surface area contributed by atoms with Gasteiger partial charge in [0.05, 0.1) is 0 Å². The topological polar surface area (TPSA) is 71.8 Å². The zero-order valence-electron chi connectivity index (χ0n) is 15.1. The fourth-order valence-electron chi connectivity index (χ4n) is 4.30. The van der Waals surface area contributed by atoms with Gasteiger partial charge in [-0.2, -0.15) is 0 Å². The second-order valence-corrected chi connectivity index (χ2v) is 7.65. The van der Waals surface area contributed by atoms with E-state index in [4.69, 9.17) is 0 Å². The van der Waals surface area contributed by atoms with Crippen LogP contribution in [0.15, 0.2) is 37.1 Å². The number of hydrogen-bond donors (Lipinski definition) is 2. The van der Waals surface area contributed by atoms with Gasteiger partial charge in [0, 0.05) is 31.2 Å². The van der Waals surface area contributed by atoms with Crippen LogP contribution >= 0.6 is 0 Å². The van der Waals surface area contributed by atoms with Crippen LogP contribution in [0.1, 0.15) is 50.5 Å². The fourth-order valence-corrected chi connectivity index (χ4v) is 4.30. The number of carbonyl (C=O) groups is 1. The number of urea groups is 1. The summed E-state index contributed by atoms with van der Waals surface area (Å²) in [6.07, 6.45) is 16.3. The molecular weight excluding hydrogens is 326 g/mol. The second-order valence-electron chi connectivity index (χ2n) is 7.65. The minimum Gasteiger partial charge on any atom is -0.335 e. The largest absolute Gasteiger partial charge is 0.335 e. The molecule has 0 atom stereocenters. The van der Waals surface area contributed by atoms with Crippen LogP contribution < -0.4 is 10.6 Å². The van der Waals surface area contributed by atoms with E-state index in [0.717, 1.165) is 36.1 Å². The van der Waals surface area contributed by atoms with E-state index in [1.807, 2.05) is 22.9 Å². The summed E-state index contributed by atoms with van der Waals surface area (Å²) in [4.78, 5) is 20.5. The van der Waals surface area contributed by atoms with Gasteiger partial charge in [-0.3, -0.25) is 4.57 Å². The van der Waals surface area contributed by atoms with E-state index in [-0.39, 0.29) is 6.03 Å². The Morgan fingerprint density at radius 2 is 2.00 bits per heavy atom. The van der Waals surface area contributed by atoms with Gasteiger partial charge in [-0.15, -0.1) is 0 Å². The second kappa shape index (κ2) is 7.89. The molecule has 2 aromatic heterocycles. The molecule has 2 heterocycles. The Morgan fingerprint density at radius 1 is 1.15 bits per heavy atom. The minimum atomic E-state index is -0.0712. The lowest BCUT2D eigenvalue weighted by atomic mass is 9.68. The maximum Gasteiger partial charge on any atom is 0.315 e. The van der Waals surface area contributed by atoms with Crippen molar-refractivity contribution in [1.29, 1.82) is 0 Å². The fraction of sp³-hybridized carbons (Fsp3) is 0.550. The van der Waals surface area contributed by atoms with Crippen LogP contribution in [-0.4, -0.2) is 26.6 Å². The molecule has 0 radical (unpaired) electrons. The molecule has 138 valence electrons. The highest BCUT2D eigenvalue weighted by molar-refractivity contribution is 5.74. The Kier molecular flexibility index (Phi) is 5.18. The van der Waals surface area contributed by atoms with Crippen molar-refractivity contribution in [3.05, 3.63) is 42.6 Å². The molecule has 0 aromatic carbocycles. The highest BCUT2D eigenvalue weighted by Crippen LogP contribution is 2.41. The van der Waals surface area contributed by atoms with E-state index >= 15 is 0 Å². The molecule has 2 saturated carbocycles. The van der Waals surface area contributed by atoms with Crippen LogP contribution in [0.5, 0.6) is 0 Å². The van der Waals surface area contributed by atoms with E-state index < -0.39 is 0 Å². The van der Waals surface area contributed by atoms with E-state index in [2.05, 4.69) is 20.6 Å². The lowest BCUT2D eigenvalue weighted by Crippen LogP contribution is -2.49. The lowest BCUT2D eigenvalue weighted by molar-refractivity contribution is 0.122. The van der Waals surface area contributed by atoms with Crippen molar-refractivity contribution in [3.63, 3.8) is 0 Å². The maximum atomic E-state index is 12.2. The molecule has 2 aliphatic carbocycles. The number of nitrogens with one attached hydrogen (secondary N) is 2. The number of aromatic nitrogens is 3. The number of nitrogens with zero attached hydrogens (tertiary/aromatic N) is 3. The molecule has 6 nitrogen and oxygen atoms in total. The van der Waals surface area contributed by atoms with Crippen molar-refractivity contribution in [2.45, 2.75) is 57.5 Å². The van der Waals surface area contributed by atoms with Crippen LogP contribution in [0.2, 0.25) is 0 Å². The third-order valence-corrected chi connectivity index (χ3v) is 5.86. The summed E-state index contributed by atoms with van der Waals surface area (Å²) in [6.45, 7) is 0.495. The first-order valence-electron chi connectivity index (χ1n) is 9.75. The first-order chi connectivity index (χ1) is 12.8. The normalized spacial score (nSPS) is 23.2. The standard InChI is InChI=1S/C20H27N5O/c26-20(24-18-11-17(12-18)16-4-2-1-3-5-16)23-13-15-6-7-22-19(10-15)25-9-8-21-14-25/h6-10,14,16-18H,1-5,11-13H2,(H2,23,24,26). The van der Waals surface area contributed by atoms with E-state index in [9.17, 15) is 4.79 Å². The molecule has 4 rings (SSSR count). The third-order valence-electron chi connectivity index (χ3n) is 5.86. The summed E-state index contributed by atoms with van der Waals surface area (Å²) in [5.74, 6) is 2.54. The third kappa shape index (κ3) is 4.06. The molecule has 0 aliphatic heterocycles.